The van der Waals surface area contributed by atoms with E-state index in [0.29, 0.717) is 5.92 Å². The van der Waals surface area contributed by atoms with Crippen LogP contribution in [0.5, 0.6) is 0 Å². The molecule has 0 saturated carbocycles. The van der Waals surface area contributed by atoms with Gasteiger partial charge in [0.05, 0.1) is 5.69 Å². The highest BCUT2D eigenvalue weighted by Crippen LogP contribution is 2.13. The number of anilines is 1. The van der Waals surface area contributed by atoms with Gasteiger partial charge in [0, 0.05) is 11.6 Å². The lowest BCUT2D eigenvalue weighted by atomic mass is 10.1. The third-order valence-electron chi connectivity index (χ3n) is 1.75. The lowest BCUT2D eigenvalue weighted by Crippen LogP contribution is -1.96. The van der Waals surface area contributed by atoms with Crippen molar-refractivity contribution in [3.05, 3.63) is 11.1 Å². The highest BCUT2D eigenvalue weighted by molar-refractivity contribution is 7.13. The molecule has 1 unspecified atom stereocenters. The minimum Gasteiger partial charge on any atom is -0.253 e. The van der Waals surface area contributed by atoms with Crippen LogP contribution >= 0.6 is 11.3 Å². The van der Waals surface area contributed by atoms with Crippen LogP contribution in [-0.2, 0) is 0 Å². The van der Waals surface area contributed by atoms with Gasteiger partial charge in [-0.05, 0) is 19.3 Å². The van der Waals surface area contributed by atoms with Crippen LogP contribution in [0, 0.1) is 12.8 Å². The van der Waals surface area contributed by atoms with E-state index in [1.165, 1.54) is 0 Å². The first kappa shape index (κ1) is 10.2. The van der Waals surface area contributed by atoms with Gasteiger partial charge in [0.1, 0.15) is 0 Å². The number of aromatic nitrogens is 1. The summed E-state index contributed by atoms with van der Waals surface area (Å²) >= 11 is 1.57. The fourth-order valence-electron chi connectivity index (χ4n) is 0.730. The Kier molecular flexibility index (Phi) is 3.89. The molecule has 1 rings (SSSR count). The fourth-order valence-corrected chi connectivity index (χ4v) is 1.37. The number of hydrogen-bond donors (Lipinski definition) is 1. The zero-order valence-electron chi connectivity index (χ0n) is 8.24. The minimum absolute atomic E-state index is 0.522. The van der Waals surface area contributed by atoms with E-state index in [1.807, 2.05) is 18.5 Å². The second-order valence-corrected chi connectivity index (χ2v) is 3.93. The minimum atomic E-state index is 0.522. The third-order valence-corrected chi connectivity index (χ3v) is 2.62. The smallest absolute Gasteiger partial charge is 0.203 e. The molecule has 3 nitrogen and oxygen atoms in total. The predicted molar refractivity (Wildman–Crippen MR) is 58.4 cm³/mol. The second kappa shape index (κ2) is 4.97. The molecule has 72 valence electrons. The molecule has 1 N–H and O–H groups in total. The number of aryl methyl sites for hydroxylation is 1. The van der Waals surface area contributed by atoms with Crippen LogP contribution in [0.2, 0.25) is 0 Å². The van der Waals surface area contributed by atoms with Crippen LogP contribution in [0.1, 0.15) is 26.0 Å². The van der Waals surface area contributed by atoms with Crippen molar-refractivity contribution < 1.29 is 0 Å². The molecule has 1 aromatic heterocycles. The van der Waals surface area contributed by atoms with Crippen molar-refractivity contribution >= 4 is 22.7 Å². The highest BCUT2D eigenvalue weighted by atomic mass is 32.1. The van der Waals surface area contributed by atoms with Crippen molar-refractivity contribution in [3.63, 3.8) is 0 Å². The summed E-state index contributed by atoms with van der Waals surface area (Å²) in [4.78, 5) is 4.23. The van der Waals surface area contributed by atoms with Gasteiger partial charge in [-0.15, -0.1) is 11.3 Å². The SMILES string of the molecule is CCC(C)/C=N/Nc1nc(C)cs1. The number of rotatable bonds is 4. The van der Waals surface area contributed by atoms with Crippen LogP contribution in [0.25, 0.3) is 0 Å². The van der Waals surface area contributed by atoms with Gasteiger partial charge in [-0.2, -0.15) is 5.10 Å². The molecule has 0 radical (unpaired) electrons. The van der Waals surface area contributed by atoms with Crippen LogP contribution in [0.3, 0.4) is 0 Å². The van der Waals surface area contributed by atoms with Gasteiger partial charge in [-0.3, -0.25) is 5.43 Å². The molecular weight excluding hydrogens is 182 g/mol. The van der Waals surface area contributed by atoms with E-state index < -0.39 is 0 Å². The molecule has 0 bridgehead atoms. The van der Waals surface area contributed by atoms with Gasteiger partial charge in [0.25, 0.3) is 0 Å². The van der Waals surface area contributed by atoms with Crippen molar-refractivity contribution in [1.82, 2.24) is 4.98 Å². The number of hydrogen-bond acceptors (Lipinski definition) is 4. The Morgan fingerprint density at radius 3 is 3.08 bits per heavy atom. The molecule has 0 fully saturated rings. The standard InChI is InChI=1S/C9H15N3S/c1-4-7(2)5-10-12-9-11-8(3)6-13-9/h5-7H,4H2,1-3H3,(H,11,12)/b10-5+. The third kappa shape index (κ3) is 3.55. The normalized spacial score (nSPS) is 13.5. The number of nitrogens with zero attached hydrogens (tertiary/aromatic N) is 2. The van der Waals surface area contributed by atoms with E-state index in [1.54, 1.807) is 11.3 Å². The Hall–Kier alpha value is -0.900. The molecule has 0 aliphatic carbocycles. The molecule has 0 amide bonds. The van der Waals surface area contributed by atoms with Crippen LogP contribution in [-0.4, -0.2) is 11.2 Å². The van der Waals surface area contributed by atoms with E-state index >= 15 is 0 Å². The van der Waals surface area contributed by atoms with Gasteiger partial charge < -0.3 is 0 Å². The molecule has 0 aliphatic rings. The van der Waals surface area contributed by atoms with E-state index in [-0.39, 0.29) is 0 Å². The topological polar surface area (TPSA) is 37.3 Å². The summed E-state index contributed by atoms with van der Waals surface area (Å²) in [6.07, 6.45) is 3.03. The molecule has 4 heteroatoms. The summed E-state index contributed by atoms with van der Waals surface area (Å²) < 4.78 is 0. The Morgan fingerprint density at radius 2 is 2.54 bits per heavy atom. The summed E-state index contributed by atoms with van der Waals surface area (Å²) in [6, 6.07) is 0. The Balaban J connectivity index is 2.38. The van der Waals surface area contributed by atoms with Crippen LogP contribution < -0.4 is 5.43 Å². The maximum absolute atomic E-state index is 4.23. The Morgan fingerprint density at radius 1 is 1.77 bits per heavy atom. The van der Waals surface area contributed by atoms with Gasteiger partial charge in [-0.1, -0.05) is 13.8 Å². The van der Waals surface area contributed by atoms with Gasteiger partial charge in [0.2, 0.25) is 5.13 Å². The van der Waals surface area contributed by atoms with Crippen LogP contribution in [0.4, 0.5) is 5.13 Å². The number of hydrazone groups is 1. The van der Waals surface area contributed by atoms with Gasteiger partial charge in [-0.25, -0.2) is 4.98 Å². The average Bonchev–Trinajstić information content (AvgIpc) is 2.51. The number of nitrogens with one attached hydrogen (secondary N) is 1. The largest absolute Gasteiger partial charge is 0.253 e. The molecule has 1 heterocycles. The van der Waals surface area contributed by atoms with E-state index in [9.17, 15) is 0 Å². The molecule has 0 aliphatic heterocycles. The summed E-state index contributed by atoms with van der Waals surface area (Å²) in [7, 11) is 0. The van der Waals surface area contributed by atoms with Gasteiger partial charge >= 0.3 is 0 Å². The van der Waals surface area contributed by atoms with Crippen molar-refractivity contribution in [2.75, 3.05) is 5.43 Å². The van der Waals surface area contributed by atoms with E-state index in [4.69, 9.17) is 0 Å². The maximum atomic E-state index is 4.23. The van der Waals surface area contributed by atoms with E-state index in [0.717, 1.165) is 17.2 Å². The highest BCUT2D eigenvalue weighted by Gasteiger charge is 1.95. The summed E-state index contributed by atoms with van der Waals surface area (Å²) in [5.74, 6) is 0.522. The Labute approximate surface area is 82.9 Å². The average molecular weight is 197 g/mol. The fraction of sp³-hybridized carbons (Fsp3) is 0.556. The molecule has 0 saturated heterocycles. The van der Waals surface area contributed by atoms with Crippen molar-refractivity contribution in [3.8, 4) is 0 Å². The predicted octanol–water partition coefficient (Wildman–Crippen LogP) is 2.90. The zero-order valence-corrected chi connectivity index (χ0v) is 9.06. The quantitative estimate of drug-likeness (QED) is 0.595. The molecule has 13 heavy (non-hydrogen) atoms. The van der Waals surface area contributed by atoms with Crippen molar-refractivity contribution in [2.24, 2.45) is 11.0 Å². The second-order valence-electron chi connectivity index (χ2n) is 3.07. The lowest BCUT2D eigenvalue weighted by Gasteiger charge is -1.98. The lowest BCUT2D eigenvalue weighted by molar-refractivity contribution is 0.753. The monoisotopic (exact) mass is 197 g/mol. The first-order valence-electron chi connectivity index (χ1n) is 4.43. The zero-order chi connectivity index (χ0) is 9.68. The van der Waals surface area contributed by atoms with Gasteiger partial charge in [0.15, 0.2) is 0 Å². The summed E-state index contributed by atoms with van der Waals surface area (Å²) in [5.41, 5.74) is 3.94. The molecule has 1 aromatic rings. The molecule has 1 atom stereocenters. The maximum Gasteiger partial charge on any atom is 0.203 e. The first-order valence-corrected chi connectivity index (χ1v) is 5.31. The number of thiazole rings is 1. The van der Waals surface area contributed by atoms with Crippen LogP contribution in [0.15, 0.2) is 10.5 Å². The molecule has 0 aromatic carbocycles. The first-order chi connectivity index (χ1) is 6.22. The molecular formula is C9H15N3S. The van der Waals surface area contributed by atoms with E-state index in [2.05, 4.69) is 29.4 Å². The Bertz CT molecular complexity index is 280. The van der Waals surface area contributed by atoms with Crippen molar-refractivity contribution in [2.45, 2.75) is 27.2 Å². The molecule has 0 spiro atoms. The summed E-state index contributed by atoms with van der Waals surface area (Å²) in [5, 5.41) is 6.96. The van der Waals surface area contributed by atoms with Crippen molar-refractivity contribution in [1.29, 1.82) is 0 Å². The summed E-state index contributed by atoms with van der Waals surface area (Å²) in [6.45, 7) is 6.25.